The maximum Gasteiger partial charge on any atom is 0.419 e. The summed E-state index contributed by atoms with van der Waals surface area (Å²) in [6.45, 7) is 2.03. The van der Waals surface area contributed by atoms with E-state index >= 15 is 0 Å². The molecule has 0 aliphatic rings. The van der Waals surface area contributed by atoms with Gasteiger partial charge in [-0.1, -0.05) is 30.3 Å². The zero-order valence-corrected chi connectivity index (χ0v) is 19.8. The van der Waals surface area contributed by atoms with E-state index in [2.05, 4.69) is 41.2 Å². The van der Waals surface area contributed by atoms with Crippen LogP contribution >= 0.6 is 0 Å². The Hall–Kier alpha value is -5.20. The van der Waals surface area contributed by atoms with E-state index in [1.165, 1.54) is 17.0 Å². The standard InChI is InChI=1S/C24H21N9O4/c1-13(15-4-6-16(7-5-15)21-29-31-32-30-21)28-23(35)18-10-17(26-12-27-18)22(34)25-11-14-3-8-20-19(9-14)33(2)24(36)37-20/h3-10,12-13H,11H2,1-2H3,(H,25,34)(H,28,35)(H,29,30,31,32)/t13-/m0/s1. The van der Waals surface area contributed by atoms with Gasteiger partial charge in [-0.05, 0) is 35.4 Å². The molecule has 0 radical (unpaired) electrons. The van der Waals surface area contributed by atoms with Gasteiger partial charge in [-0.3, -0.25) is 14.2 Å². The molecule has 186 valence electrons. The minimum atomic E-state index is -0.470. The third kappa shape index (κ3) is 4.96. The highest BCUT2D eigenvalue weighted by molar-refractivity contribution is 5.97. The van der Waals surface area contributed by atoms with Crippen molar-refractivity contribution in [3.63, 3.8) is 0 Å². The molecule has 0 saturated carbocycles. The molecule has 0 spiro atoms. The van der Waals surface area contributed by atoms with Gasteiger partial charge in [0.05, 0.1) is 11.6 Å². The summed E-state index contributed by atoms with van der Waals surface area (Å²) in [7, 11) is 1.61. The molecule has 0 fully saturated rings. The Kier molecular flexibility index (Phi) is 6.24. The number of nitrogens with zero attached hydrogens (tertiary/aromatic N) is 6. The predicted molar refractivity (Wildman–Crippen MR) is 130 cm³/mol. The lowest BCUT2D eigenvalue weighted by Gasteiger charge is -2.14. The smallest absolute Gasteiger partial charge is 0.408 e. The molecular weight excluding hydrogens is 478 g/mol. The van der Waals surface area contributed by atoms with Crippen molar-refractivity contribution in [2.24, 2.45) is 7.05 Å². The molecular formula is C24H21N9O4. The lowest BCUT2D eigenvalue weighted by molar-refractivity contribution is 0.0934. The Morgan fingerprint density at radius 1 is 1.05 bits per heavy atom. The molecule has 37 heavy (non-hydrogen) atoms. The van der Waals surface area contributed by atoms with Crippen LogP contribution in [0.1, 0.15) is 45.1 Å². The summed E-state index contributed by atoms with van der Waals surface area (Å²) in [5.41, 5.74) is 3.61. The second-order valence-electron chi connectivity index (χ2n) is 8.25. The summed E-state index contributed by atoms with van der Waals surface area (Å²) >= 11 is 0. The number of tetrazole rings is 1. The van der Waals surface area contributed by atoms with Crippen LogP contribution in [0.3, 0.4) is 0 Å². The second-order valence-corrected chi connectivity index (χ2v) is 8.25. The fourth-order valence-corrected chi connectivity index (χ4v) is 3.72. The second kappa shape index (κ2) is 9.81. The number of rotatable bonds is 7. The summed E-state index contributed by atoms with van der Waals surface area (Å²) in [6, 6.07) is 13.6. The Morgan fingerprint density at radius 3 is 2.54 bits per heavy atom. The number of fused-ring (bicyclic) bond motifs is 1. The fourth-order valence-electron chi connectivity index (χ4n) is 3.72. The van der Waals surface area contributed by atoms with Crippen LogP contribution in [0, 0.1) is 0 Å². The topological polar surface area (TPSA) is 174 Å². The SMILES string of the molecule is C[C@H](NC(=O)c1cc(C(=O)NCc2ccc3oc(=O)n(C)c3c2)ncn1)c1ccc(-c2nn[nH]n2)cc1. The number of aromatic amines is 1. The third-order valence-electron chi connectivity index (χ3n) is 5.80. The zero-order valence-electron chi connectivity index (χ0n) is 19.8. The van der Waals surface area contributed by atoms with Crippen molar-refractivity contribution in [3.8, 4) is 11.4 Å². The van der Waals surface area contributed by atoms with Gasteiger partial charge in [-0.25, -0.2) is 14.8 Å². The molecule has 0 saturated heterocycles. The summed E-state index contributed by atoms with van der Waals surface area (Å²) < 4.78 is 6.51. The quantitative estimate of drug-likeness (QED) is 0.300. The van der Waals surface area contributed by atoms with Gasteiger partial charge in [0.25, 0.3) is 11.8 Å². The first kappa shape index (κ1) is 23.5. The minimum absolute atomic E-state index is 0.0501. The number of nitrogens with one attached hydrogen (secondary N) is 3. The van der Waals surface area contributed by atoms with Crippen LogP contribution in [0.15, 0.2) is 64.1 Å². The van der Waals surface area contributed by atoms with Crippen molar-refractivity contribution in [1.29, 1.82) is 0 Å². The Labute approximate surface area is 208 Å². The summed E-state index contributed by atoms with van der Waals surface area (Å²) in [6.07, 6.45) is 1.17. The van der Waals surface area contributed by atoms with Crippen LogP contribution in [0.5, 0.6) is 0 Å². The molecule has 0 aliphatic carbocycles. The number of aryl methyl sites for hydroxylation is 1. The van der Waals surface area contributed by atoms with Crippen LogP contribution in [-0.2, 0) is 13.6 Å². The number of oxazole rings is 1. The van der Waals surface area contributed by atoms with Crippen molar-refractivity contribution in [1.82, 2.24) is 45.8 Å². The van der Waals surface area contributed by atoms with E-state index in [0.717, 1.165) is 16.7 Å². The fraction of sp³-hybridized carbons (Fsp3) is 0.167. The summed E-state index contributed by atoms with van der Waals surface area (Å²) in [5, 5.41) is 19.5. The van der Waals surface area contributed by atoms with E-state index in [1.807, 2.05) is 31.2 Å². The van der Waals surface area contributed by atoms with Crippen molar-refractivity contribution in [2.75, 3.05) is 0 Å². The molecule has 0 unspecified atom stereocenters. The number of aromatic nitrogens is 7. The molecule has 2 amide bonds. The molecule has 2 aromatic carbocycles. The van der Waals surface area contributed by atoms with Gasteiger partial charge in [0, 0.05) is 25.2 Å². The van der Waals surface area contributed by atoms with Gasteiger partial charge in [0.1, 0.15) is 17.7 Å². The van der Waals surface area contributed by atoms with Crippen molar-refractivity contribution >= 4 is 22.9 Å². The number of carbonyl (C=O) groups is 2. The predicted octanol–water partition coefficient (Wildman–Crippen LogP) is 1.52. The summed E-state index contributed by atoms with van der Waals surface area (Å²) in [4.78, 5) is 45.1. The number of benzene rings is 2. The first-order chi connectivity index (χ1) is 17.9. The Morgan fingerprint density at radius 2 is 1.81 bits per heavy atom. The highest BCUT2D eigenvalue weighted by Gasteiger charge is 2.16. The number of H-pyrrole nitrogens is 1. The average molecular weight is 499 g/mol. The van der Waals surface area contributed by atoms with Gasteiger partial charge >= 0.3 is 5.76 Å². The molecule has 0 bridgehead atoms. The van der Waals surface area contributed by atoms with E-state index in [1.54, 1.807) is 25.2 Å². The van der Waals surface area contributed by atoms with E-state index in [0.29, 0.717) is 16.9 Å². The largest absolute Gasteiger partial charge is 0.419 e. The van der Waals surface area contributed by atoms with Crippen LogP contribution < -0.4 is 16.4 Å². The maximum absolute atomic E-state index is 12.8. The molecule has 5 aromatic rings. The highest BCUT2D eigenvalue weighted by atomic mass is 16.4. The molecule has 0 aliphatic heterocycles. The molecule has 13 heteroatoms. The van der Waals surface area contributed by atoms with E-state index < -0.39 is 17.6 Å². The number of hydrogen-bond donors (Lipinski definition) is 3. The number of hydrogen-bond acceptors (Lipinski definition) is 9. The zero-order chi connectivity index (χ0) is 25.9. The third-order valence-corrected chi connectivity index (χ3v) is 5.80. The normalized spacial score (nSPS) is 11.8. The van der Waals surface area contributed by atoms with Gasteiger partial charge < -0.3 is 15.1 Å². The van der Waals surface area contributed by atoms with Gasteiger partial charge in [-0.15, -0.1) is 10.2 Å². The van der Waals surface area contributed by atoms with Gasteiger partial charge in [0.2, 0.25) is 5.82 Å². The molecule has 1 atom stereocenters. The highest BCUT2D eigenvalue weighted by Crippen LogP contribution is 2.19. The van der Waals surface area contributed by atoms with Crippen LogP contribution in [0.25, 0.3) is 22.5 Å². The lowest BCUT2D eigenvalue weighted by Crippen LogP contribution is -2.29. The van der Waals surface area contributed by atoms with Crippen molar-refractivity contribution < 1.29 is 14.0 Å². The van der Waals surface area contributed by atoms with Crippen molar-refractivity contribution in [2.45, 2.75) is 19.5 Å². The van der Waals surface area contributed by atoms with E-state index in [4.69, 9.17) is 4.42 Å². The molecule has 5 rings (SSSR count). The molecule has 3 heterocycles. The Balaban J connectivity index is 1.22. The lowest BCUT2D eigenvalue weighted by atomic mass is 10.1. The maximum atomic E-state index is 12.8. The molecule has 3 aromatic heterocycles. The minimum Gasteiger partial charge on any atom is -0.408 e. The number of carbonyl (C=O) groups excluding carboxylic acids is 2. The average Bonchev–Trinajstić information content (AvgIpc) is 3.56. The van der Waals surface area contributed by atoms with Gasteiger partial charge in [-0.2, -0.15) is 5.21 Å². The van der Waals surface area contributed by atoms with E-state index in [9.17, 15) is 14.4 Å². The van der Waals surface area contributed by atoms with Crippen LogP contribution in [-0.4, -0.2) is 47.0 Å². The summed E-state index contributed by atoms with van der Waals surface area (Å²) in [5.74, 6) is -0.902. The van der Waals surface area contributed by atoms with Crippen LogP contribution in [0.2, 0.25) is 0 Å². The molecule has 3 N–H and O–H groups in total. The van der Waals surface area contributed by atoms with Crippen molar-refractivity contribution in [3.05, 3.63) is 87.9 Å². The van der Waals surface area contributed by atoms with E-state index in [-0.39, 0.29) is 24.0 Å². The number of amides is 2. The monoisotopic (exact) mass is 499 g/mol. The first-order valence-electron chi connectivity index (χ1n) is 11.2. The molecule has 13 nitrogen and oxygen atoms in total. The Bertz CT molecular complexity index is 1640. The van der Waals surface area contributed by atoms with Gasteiger partial charge in [0.15, 0.2) is 5.58 Å². The van der Waals surface area contributed by atoms with Crippen LogP contribution in [0.4, 0.5) is 0 Å². The first-order valence-corrected chi connectivity index (χ1v) is 11.2.